The fourth-order valence-electron chi connectivity index (χ4n) is 1.75. The molecule has 2 aromatic rings. The van der Waals surface area contributed by atoms with Gasteiger partial charge in [-0.05, 0) is 35.4 Å². The molecule has 0 saturated heterocycles. The molecule has 0 fully saturated rings. The average molecular weight is 316 g/mol. The monoisotopic (exact) mass is 316 g/mol. The van der Waals surface area contributed by atoms with Crippen LogP contribution in [0.4, 0.5) is 4.39 Å². The summed E-state index contributed by atoms with van der Waals surface area (Å²) in [5.74, 6) is 1.03. The lowest BCUT2D eigenvalue weighted by Gasteiger charge is -2.04. The first-order valence-corrected chi connectivity index (χ1v) is 8.08. The van der Waals surface area contributed by atoms with Crippen LogP contribution in [0.2, 0.25) is 0 Å². The molecule has 0 saturated carbocycles. The Morgan fingerprint density at radius 2 is 2.00 bits per heavy atom. The van der Waals surface area contributed by atoms with Crippen molar-refractivity contribution in [3.63, 3.8) is 0 Å². The molecule has 1 amide bonds. The third-order valence-electron chi connectivity index (χ3n) is 2.89. The number of halogens is 1. The average Bonchev–Trinajstić information content (AvgIpc) is 2.55. The second kappa shape index (κ2) is 9.00. The van der Waals surface area contributed by atoms with E-state index in [0.29, 0.717) is 17.9 Å². The van der Waals surface area contributed by atoms with Gasteiger partial charge in [0, 0.05) is 36.5 Å². The molecule has 0 unspecified atom stereocenters. The Kier molecular flexibility index (Phi) is 6.64. The Hall–Kier alpha value is -2.14. The molecule has 0 bridgehead atoms. The Morgan fingerprint density at radius 3 is 2.77 bits per heavy atom. The standard InChI is InChI=1S/C17H17FN2OS/c18-16-4-2-1-3-15(16)13-22-12-11-20-17(21)6-5-14-7-9-19-10-8-14/h1-10H,11-13H2,(H,20,21)/b6-5+. The van der Waals surface area contributed by atoms with E-state index < -0.39 is 0 Å². The predicted octanol–water partition coefficient (Wildman–Crippen LogP) is 3.28. The zero-order valence-electron chi connectivity index (χ0n) is 12.0. The van der Waals surface area contributed by atoms with E-state index in [1.54, 1.807) is 42.4 Å². The topological polar surface area (TPSA) is 42.0 Å². The van der Waals surface area contributed by atoms with Crippen LogP contribution in [0, 0.1) is 5.82 Å². The van der Waals surface area contributed by atoms with Gasteiger partial charge < -0.3 is 5.32 Å². The van der Waals surface area contributed by atoms with Crippen molar-refractivity contribution < 1.29 is 9.18 Å². The van der Waals surface area contributed by atoms with Crippen LogP contribution in [0.5, 0.6) is 0 Å². The van der Waals surface area contributed by atoms with Crippen molar-refractivity contribution in [3.8, 4) is 0 Å². The fourth-order valence-corrected chi connectivity index (χ4v) is 2.59. The summed E-state index contributed by atoms with van der Waals surface area (Å²) in [4.78, 5) is 15.5. The third-order valence-corrected chi connectivity index (χ3v) is 3.90. The van der Waals surface area contributed by atoms with Crippen molar-refractivity contribution >= 4 is 23.7 Å². The molecule has 0 radical (unpaired) electrons. The van der Waals surface area contributed by atoms with Crippen molar-refractivity contribution in [1.82, 2.24) is 10.3 Å². The molecule has 1 heterocycles. The molecule has 3 nitrogen and oxygen atoms in total. The van der Waals surface area contributed by atoms with Crippen LogP contribution in [0.25, 0.3) is 6.08 Å². The minimum absolute atomic E-state index is 0.136. The molecular formula is C17H17FN2OS. The summed E-state index contributed by atoms with van der Waals surface area (Å²) in [5.41, 5.74) is 1.62. The maximum Gasteiger partial charge on any atom is 0.244 e. The van der Waals surface area contributed by atoms with Crippen LogP contribution in [0.15, 0.2) is 54.9 Å². The van der Waals surface area contributed by atoms with Gasteiger partial charge in [0.15, 0.2) is 0 Å². The molecule has 114 valence electrons. The maximum atomic E-state index is 13.4. The Morgan fingerprint density at radius 1 is 1.23 bits per heavy atom. The van der Waals surface area contributed by atoms with Crippen LogP contribution in [0.3, 0.4) is 0 Å². The zero-order valence-corrected chi connectivity index (χ0v) is 12.9. The van der Waals surface area contributed by atoms with Gasteiger partial charge in [0.1, 0.15) is 5.82 Å². The van der Waals surface area contributed by atoms with Crippen molar-refractivity contribution in [3.05, 3.63) is 71.8 Å². The molecule has 1 aromatic carbocycles. The molecule has 1 N–H and O–H groups in total. The van der Waals surface area contributed by atoms with Gasteiger partial charge in [0.05, 0.1) is 0 Å². The van der Waals surface area contributed by atoms with Crippen LogP contribution < -0.4 is 5.32 Å². The zero-order chi connectivity index (χ0) is 15.6. The van der Waals surface area contributed by atoms with E-state index >= 15 is 0 Å². The second-order valence-electron chi connectivity index (χ2n) is 4.55. The van der Waals surface area contributed by atoms with Gasteiger partial charge in [-0.25, -0.2) is 4.39 Å². The van der Waals surface area contributed by atoms with E-state index in [4.69, 9.17) is 0 Å². The third kappa shape index (κ3) is 5.69. The van der Waals surface area contributed by atoms with E-state index in [0.717, 1.165) is 11.3 Å². The lowest BCUT2D eigenvalue weighted by molar-refractivity contribution is -0.116. The summed E-state index contributed by atoms with van der Waals surface area (Å²) >= 11 is 1.59. The van der Waals surface area contributed by atoms with E-state index in [-0.39, 0.29) is 11.7 Å². The summed E-state index contributed by atoms with van der Waals surface area (Å²) < 4.78 is 13.4. The lowest BCUT2D eigenvalue weighted by Crippen LogP contribution is -2.23. The number of nitrogens with zero attached hydrogens (tertiary/aromatic N) is 1. The molecule has 1 aromatic heterocycles. The maximum absolute atomic E-state index is 13.4. The van der Waals surface area contributed by atoms with Crippen molar-refractivity contribution in [2.24, 2.45) is 0 Å². The first-order chi connectivity index (χ1) is 10.8. The van der Waals surface area contributed by atoms with Gasteiger partial charge in [0.25, 0.3) is 0 Å². The molecule has 2 rings (SSSR count). The smallest absolute Gasteiger partial charge is 0.244 e. The van der Waals surface area contributed by atoms with Crippen LogP contribution in [-0.4, -0.2) is 23.2 Å². The first-order valence-electron chi connectivity index (χ1n) is 6.93. The number of thioether (sulfide) groups is 1. The summed E-state index contributed by atoms with van der Waals surface area (Å²) in [6, 6.07) is 10.4. The Balaban J connectivity index is 1.63. The molecule has 0 aliphatic carbocycles. The van der Waals surface area contributed by atoms with Crippen molar-refractivity contribution in [2.45, 2.75) is 5.75 Å². The SMILES string of the molecule is O=C(/C=C/c1ccncc1)NCCSCc1ccccc1F. The first kappa shape index (κ1) is 16.2. The summed E-state index contributed by atoms with van der Waals surface area (Å²) in [7, 11) is 0. The van der Waals surface area contributed by atoms with Gasteiger partial charge in [0.2, 0.25) is 5.91 Å². The molecule has 22 heavy (non-hydrogen) atoms. The minimum atomic E-state index is -0.181. The van der Waals surface area contributed by atoms with Crippen molar-refractivity contribution in [1.29, 1.82) is 0 Å². The number of hydrogen-bond acceptors (Lipinski definition) is 3. The molecule has 0 spiro atoms. The number of rotatable bonds is 7. The molecule has 5 heteroatoms. The number of benzene rings is 1. The van der Waals surface area contributed by atoms with Gasteiger partial charge in [-0.3, -0.25) is 9.78 Å². The van der Waals surface area contributed by atoms with Crippen molar-refractivity contribution in [2.75, 3.05) is 12.3 Å². The van der Waals surface area contributed by atoms with E-state index in [1.165, 1.54) is 12.1 Å². The molecule has 0 aliphatic heterocycles. The van der Waals surface area contributed by atoms with Crippen LogP contribution in [0.1, 0.15) is 11.1 Å². The summed E-state index contributed by atoms with van der Waals surface area (Å²) in [6.07, 6.45) is 6.59. The number of aromatic nitrogens is 1. The molecule has 0 atom stereocenters. The van der Waals surface area contributed by atoms with Gasteiger partial charge >= 0.3 is 0 Å². The minimum Gasteiger partial charge on any atom is -0.352 e. The highest BCUT2D eigenvalue weighted by atomic mass is 32.2. The van der Waals surface area contributed by atoms with Crippen LogP contribution in [-0.2, 0) is 10.5 Å². The highest BCUT2D eigenvalue weighted by Crippen LogP contribution is 2.14. The Labute approximate surface area is 133 Å². The normalized spacial score (nSPS) is 10.8. The summed E-state index contributed by atoms with van der Waals surface area (Å²) in [5, 5.41) is 2.80. The predicted molar refractivity (Wildman–Crippen MR) is 88.8 cm³/mol. The number of nitrogens with one attached hydrogen (secondary N) is 1. The second-order valence-corrected chi connectivity index (χ2v) is 5.65. The van der Waals surface area contributed by atoms with Gasteiger partial charge in [-0.15, -0.1) is 0 Å². The Bertz CT molecular complexity index is 632. The molecular weight excluding hydrogens is 299 g/mol. The van der Waals surface area contributed by atoms with Crippen LogP contribution >= 0.6 is 11.8 Å². The van der Waals surface area contributed by atoms with E-state index in [9.17, 15) is 9.18 Å². The van der Waals surface area contributed by atoms with Gasteiger partial charge in [-0.1, -0.05) is 18.2 Å². The molecule has 0 aliphatic rings. The fraction of sp³-hybridized carbons (Fsp3) is 0.176. The summed E-state index contributed by atoms with van der Waals surface area (Å²) in [6.45, 7) is 0.554. The van der Waals surface area contributed by atoms with E-state index in [2.05, 4.69) is 10.3 Å². The van der Waals surface area contributed by atoms with E-state index in [1.807, 2.05) is 18.2 Å². The largest absolute Gasteiger partial charge is 0.352 e. The number of hydrogen-bond donors (Lipinski definition) is 1. The number of carbonyl (C=O) groups excluding carboxylic acids is 1. The van der Waals surface area contributed by atoms with Gasteiger partial charge in [-0.2, -0.15) is 11.8 Å². The highest BCUT2D eigenvalue weighted by Gasteiger charge is 2.00. The lowest BCUT2D eigenvalue weighted by atomic mass is 10.2. The highest BCUT2D eigenvalue weighted by molar-refractivity contribution is 7.98. The number of carbonyl (C=O) groups is 1. The quantitative estimate of drug-likeness (QED) is 0.629. The number of pyridine rings is 1. The number of amides is 1.